The smallest absolute Gasteiger partial charge is 0.332 e. The van der Waals surface area contributed by atoms with Crippen molar-refractivity contribution >= 4 is 45.5 Å². The van der Waals surface area contributed by atoms with Gasteiger partial charge in [-0.25, -0.2) is 4.79 Å². The number of carbonyl (C=O) groups excluding carboxylic acids is 1. The topological polar surface area (TPSA) is 125 Å². The lowest BCUT2D eigenvalue weighted by Crippen LogP contribution is -2.41. The van der Waals surface area contributed by atoms with Crippen LogP contribution in [0.2, 0.25) is 0 Å². The second-order valence-electron chi connectivity index (χ2n) is 6.42. The number of aryl methyl sites for hydroxylation is 1. The first-order chi connectivity index (χ1) is 13.7. The molecule has 0 amide bonds. The standard InChI is InChI=1S/C18H20N6O3S2/c1-9-6-5-7-11(10(9)2)20-16-21-22-17(29-16)28-8-12(25)13-14(19)23(3)18(27)24(4)15(13)26/h5-7H,8,19H2,1-4H3,(H,20,21). The highest BCUT2D eigenvalue weighted by atomic mass is 32.2. The fourth-order valence-corrected chi connectivity index (χ4v) is 4.28. The zero-order valence-electron chi connectivity index (χ0n) is 16.3. The second kappa shape index (κ2) is 8.21. The predicted octanol–water partition coefficient (Wildman–Crippen LogP) is 1.85. The number of ketones is 1. The molecule has 0 saturated carbocycles. The van der Waals surface area contributed by atoms with Gasteiger partial charge in [-0.15, -0.1) is 10.2 Å². The average Bonchev–Trinajstić information content (AvgIpc) is 3.14. The third kappa shape index (κ3) is 4.10. The van der Waals surface area contributed by atoms with Crippen LogP contribution < -0.4 is 22.3 Å². The van der Waals surface area contributed by atoms with Gasteiger partial charge in [-0.3, -0.25) is 18.7 Å². The average molecular weight is 433 g/mol. The van der Waals surface area contributed by atoms with Crippen molar-refractivity contribution in [3.05, 3.63) is 55.7 Å². The van der Waals surface area contributed by atoms with Crippen molar-refractivity contribution in [2.24, 2.45) is 14.1 Å². The van der Waals surface area contributed by atoms with E-state index in [9.17, 15) is 14.4 Å². The Morgan fingerprint density at radius 1 is 1.21 bits per heavy atom. The van der Waals surface area contributed by atoms with Gasteiger partial charge in [-0.05, 0) is 31.0 Å². The molecule has 2 aromatic heterocycles. The number of anilines is 3. The summed E-state index contributed by atoms with van der Waals surface area (Å²) in [4.78, 5) is 36.7. The Morgan fingerprint density at radius 2 is 1.93 bits per heavy atom. The SMILES string of the molecule is Cc1cccc(Nc2nnc(SCC(=O)c3c(N)n(C)c(=O)n(C)c3=O)s2)c1C. The van der Waals surface area contributed by atoms with Gasteiger partial charge in [-0.1, -0.05) is 35.2 Å². The van der Waals surface area contributed by atoms with Crippen LogP contribution in [0.25, 0.3) is 0 Å². The van der Waals surface area contributed by atoms with Gasteiger partial charge < -0.3 is 11.1 Å². The Balaban J connectivity index is 1.74. The fraction of sp³-hybridized carbons (Fsp3) is 0.278. The molecule has 0 aliphatic heterocycles. The molecule has 9 nitrogen and oxygen atoms in total. The minimum absolute atomic E-state index is 0.0459. The van der Waals surface area contributed by atoms with E-state index in [0.29, 0.717) is 9.47 Å². The van der Waals surface area contributed by atoms with Gasteiger partial charge >= 0.3 is 5.69 Å². The summed E-state index contributed by atoms with van der Waals surface area (Å²) < 4.78 is 2.52. The molecule has 11 heteroatoms. The summed E-state index contributed by atoms with van der Waals surface area (Å²) in [6.07, 6.45) is 0. The molecule has 0 aliphatic carbocycles. The number of benzene rings is 1. The van der Waals surface area contributed by atoms with Crippen LogP contribution in [0, 0.1) is 13.8 Å². The van der Waals surface area contributed by atoms with E-state index >= 15 is 0 Å². The molecule has 29 heavy (non-hydrogen) atoms. The van der Waals surface area contributed by atoms with Crippen molar-refractivity contribution in [3.8, 4) is 0 Å². The molecule has 0 atom stereocenters. The molecule has 3 N–H and O–H groups in total. The van der Waals surface area contributed by atoms with Gasteiger partial charge in [0.2, 0.25) is 5.13 Å². The summed E-state index contributed by atoms with van der Waals surface area (Å²) in [6.45, 7) is 4.05. The number of rotatable bonds is 6. The Kier molecular flexibility index (Phi) is 5.89. The van der Waals surface area contributed by atoms with Crippen LogP contribution in [0.15, 0.2) is 32.1 Å². The predicted molar refractivity (Wildman–Crippen MR) is 115 cm³/mol. The summed E-state index contributed by atoms with van der Waals surface area (Å²) in [5, 5.41) is 12.0. The van der Waals surface area contributed by atoms with E-state index in [1.54, 1.807) is 0 Å². The molecule has 1 aromatic carbocycles. The number of nitrogens with zero attached hydrogens (tertiary/aromatic N) is 4. The fourth-order valence-electron chi connectivity index (χ4n) is 2.64. The summed E-state index contributed by atoms with van der Waals surface area (Å²) in [7, 11) is 2.72. The van der Waals surface area contributed by atoms with E-state index < -0.39 is 17.0 Å². The number of Topliss-reactive ketones (excluding diaryl/α,β-unsaturated/α-hetero) is 1. The van der Waals surface area contributed by atoms with Gasteiger partial charge in [0, 0.05) is 19.8 Å². The highest BCUT2D eigenvalue weighted by Crippen LogP contribution is 2.29. The summed E-state index contributed by atoms with van der Waals surface area (Å²) in [5.74, 6) is -0.656. The van der Waals surface area contributed by atoms with Crippen molar-refractivity contribution in [2.75, 3.05) is 16.8 Å². The third-order valence-corrected chi connectivity index (χ3v) is 6.54. The van der Waals surface area contributed by atoms with E-state index in [1.807, 2.05) is 32.0 Å². The lowest BCUT2D eigenvalue weighted by Gasteiger charge is -2.10. The Bertz CT molecular complexity index is 1210. The van der Waals surface area contributed by atoms with Crippen LogP contribution >= 0.6 is 23.1 Å². The minimum atomic E-state index is -0.703. The quantitative estimate of drug-likeness (QED) is 0.447. The number of carbonyl (C=O) groups is 1. The molecule has 0 unspecified atom stereocenters. The Hall–Kier alpha value is -2.92. The van der Waals surface area contributed by atoms with Gasteiger partial charge in [-0.2, -0.15) is 0 Å². The zero-order valence-corrected chi connectivity index (χ0v) is 18.0. The summed E-state index contributed by atoms with van der Waals surface area (Å²) >= 11 is 2.46. The summed E-state index contributed by atoms with van der Waals surface area (Å²) in [6, 6.07) is 5.94. The van der Waals surface area contributed by atoms with E-state index in [2.05, 4.69) is 15.5 Å². The molecule has 3 aromatic rings. The van der Waals surface area contributed by atoms with Gasteiger partial charge in [0.05, 0.1) is 5.75 Å². The minimum Gasteiger partial charge on any atom is -0.384 e. The molecule has 152 valence electrons. The van der Waals surface area contributed by atoms with Crippen molar-refractivity contribution in [1.29, 1.82) is 0 Å². The van der Waals surface area contributed by atoms with E-state index in [-0.39, 0.29) is 17.1 Å². The van der Waals surface area contributed by atoms with Crippen molar-refractivity contribution in [2.45, 2.75) is 18.2 Å². The summed E-state index contributed by atoms with van der Waals surface area (Å²) in [5.41, 5.74) is 7.57. The zero-order chi connectivity index (χ0) is 21.3. The monoisotopic (exact) mass is 432 g/mol. The molecular weight excluding hydrogens is 412 g/mol. The van der Waals surface area contributed by atoms with E-state index in [1.165, 1.54) is 25.4 Å². The normalized spacial score (nSPS) is 10.9. The number of nitrogens with two attached hydrogens (primary N) is 1. The number of hydrogen-bond acceptors (Lipinski definition) is 9. The first-order valence-electron chi connectivity index (χ1n) is 8.59. The molecule has 0 radical (unpaired) electrons. The first-order valence-corrected chi connectivity index (χ1v) is 10.4. The molecule has 0 bridgehead atoms. The maximum atomic E-state index is 12.6. The second-order valence-corrected chi connectivity index (χ2v) is 8.62. The van der Waals surface area contributed by atoms with Crippen LogP contribution in [0.3, 0.4) is 0 Å². The Morgan fingerprint density at radius 3 is 2.66 bits per heavy atom. The Labute approximate surface area is 174 Å². The molecule has 2 heterocycles. The van der Waals surface area contributed by atoms with E-state index in [0.717, 1.165) is 37.7 Å². The highest BCUT2D eigenvalue weighted by Gasteiger charge is 2.21. The van der Waals surface area contributed by atoms with Gasteiger partial charge in [0.1, 0.15) is 11.4 Å². The number of aromatic nitrogens is 4. The highest BCUT2D eigenvalue weighted by molar-refractivity contribution is 8.01. The largest absolute Gasteiger partial charge is 0.384 e. The molecule has 0 spiro atoms. The lowest BCUT2D eigenvalue weighted by molar-refractivity contribution is 0.102. The number of thioether (sulfide) groups is 1. The van der Waals surface area contributed by atoms with Crippen molar-refractivity contribution < 1.29 is 4.79 Å². The maximum absolute atomic E-state index is 12.6. The molecule has 0 saturated heterocycles. The van der Waals surface area contributed by atoms with Gasteiger partial charge in [0.25, 0.3) is 5.56 Å². The van der Waals surface area contributed by atoms with Crippen LogP contribution in [0.4, 0.5) is 16.6 Å². The van der Waals surface area contributed by atoms with Crippen LogP contribution in [0.1, 0.15) is 21.5 Å². The van der Waals surface area contributed by atoms with Crippen molar-refractivity contribution in [3.63, 3.8) is 0 Å². The lowest BCUT2D eigenvalue weighted by atomic mass is 10.1. The van der Waals surface area contributed by atoms with Crippen LogP contribution in [0.5, 0.6) is 0 Å². The van der Waals surface area contributed by atoms with Gasteiger partial charge in [0.15, 0.2) is 10.1 Å². The first kappa shape index (κ1) is 20.8. The number of hydrogen-bond donors (Lipinski definition) is 2. The molecular formula is C18H20N6O3S2. The number of nitrogens with one attached hydrogen (secondary N) is 1. The van der Waals surface area contributed by atoms with Crippen LogP contribution in [-0.4, -0.2) is 30.9 Å². The maximum Gasteiger partial charge on any atom is 0.332 e. The molecule has 0 fully saturated rings. The third-order valence-electron chi connectivity index (χ3n) is 4.57. The van der Waals surface area contributed by atoms with Crippen molar-refractivity contribution in [1.82, 2.24) is 19.3 Å². The van der Waals surface area contributed by atoms with Crippen LogP contribution in [-0.2, 0) is 14.1 Å². The molecule has 0 aliphatic rings. The van der Waals surface area contributed by atoms with E-state index in [4.69, 9.17) is 5.73 Å². The number of nitrogen functional groups attached to an aromatic ring is 1. The molecule has 3 rings (SSSR count).